The number of benzene rings is 2. The largest absolute Gasteiger partial charge is 0.497 e. The molecule has 2 aromatic carbocycles. The van der Waals surface area contributed by atoms with E-state index in [1.54, 1.807) is 26.4 Å². The minimum absolute atomic E-state index is 0.0662. The summed E-state index contributed by atoms with van der Waals surface area (Å²) < 4.78 is 39.0. The first-order chi connectivity index (χ1) is 15.9. The molecule has 8 heteroatoms. The SMILES string of the molecule is COc1ccc(C2CCCN2C(=O)CCNS(=O)(=O)c2ccc3c(c2)CCCC3)c(OC)c1. The van der Waals surface area contributed by atoms with E-state index in [4.69, 9.17) is 9.47 Å². The van der Waals surface area contributed by atoms with Crippen molar-refractivity contribution < 1.29 is 22.7 Å². The minimum Gasteiger partial charge on any atom is -0.497 e. The molecule has 2 aromatic rings. The van der Waals surface area contributed by atoms with Gasteiger partial charge in [-0.1, -0.05) is 6.07 Å². The highest BCUT2D eigenvalue weighted by Gasteiger charge is 2.32. The second-order valence-electron chi connectivity index (χ2n) is 8.64. The number of carbonyl (C=O) groups is 1. The number of sulfonamides is 1. The molecular weight excluding hydrogens is 440 g/mol. The molecule has 1 aliphatic carbocycles. The summed E-state index contributed by atoms with van der Waals surface area (Å²) in [5, 5.41) is 0. The van der Waals surface area contributed by atoms with Crippen LogP contribution in [-0.4, -0.2) is 46.5 Å². The van der Waals surface area contributed by atoms with Crippen molar-refractivity contribution in [3.63, 3.8) is 0 Å². The number of fused-ring (bicyclic) bond motifs is 1. The van der Waals surface area contributed by atoms with Gasteiger partial charge < -0.3 is 14.4 Å². The van der Waals surface area contributed by atoms with E-state index < -0.39 is 10.0 Å². The van der Waals surface area contributed by atoms with Crippen molar-refractivity contribution in [3.05, 3.63) is 53.1 Å². The smallest absolute Gasteiger partial charge is 0.240 e. The van der Waals surface area contributed by atoms with Gasteiger partial charge in [0.25, 0.3) is 0 Å². The standard InChI is InChI=1S/C25H32N2O5S/c1-31-20-10-12-22(24(17-20)32-2)23-8-5-15-27(23)25(28)13-14-26-33(29,30)21-11-9-18-6-3-4-7-19(18)16-21/h9-12,16-17,23,26H,3-8,13-15H2,1-2H3. The lowest BCUT2D eigenvalue weighted by atomic mass is 9.92. The second kappa shape index (κ2) is 10.1. The summed E-state index contributed by atoms with van der Waals surface area (Å²) in [5.41, 5.74) is 3.30. The maximum Gasteiger partial charge on any atom is 0.240 e. The molecule has 1 heterocycles. The van der Waals surface area contributed by atoms with Crippen LogP contribution in [-0.2, 0) is 27.7 Å². The maximum atomic E-state index is 13.0. The fourth-order valence-corrected chi connectivity index (χ4v) is 5.96. The molecule has 0 bridgehead atoms. The molecule has 1 amide bonds. The first-order valence-corrected chi connectivity index (χ1v) is 13.0. The first-order valence-electron chi connectivity index (χ1n) is 11.6. The van der Waals surface area contributed by atoms with Gasteiger partial charge in [0.15, 0.2) is 0 Å². The molecule has 0 spiro atoms. The molecule has 1 fully saturated rings. The second-order valence-corrected chi connectivity index (χ2v) is 10.4. The van der Waals surface area contributed by atoms with E-state index in [2.05, 4.69) is 4.72 Å². The first kappa shape index (κ1) is 23.6. The van der Waals surface area contributed by atoms with Gasteiger partial charge in [0.1, 0.15) is 11.5 Å². The quantitative estimate of drug-likeness (QED) is 0.634. The Labute approximate surface area is 196 Å². The number of amides is 1. The zero-order valence-corrected chi connectivity index (χ0v) is 20.1. The van der Waals surface area contributed by atoms with E-state index >= 15 is 0 Å². The summed E-state index contributed by atoms with van der Waals surface area (Å²) in [6.45, 7) is 0.720. The number of ether oxygens (including phenoxy) is 2. The van der Waals surface area contributed by atoms with Gasteiger partial charge in [0.05, 0.1) is 25.2 Å². The van der Waals surface area contributed by atoms with Crippen LogP contribution >= 0.6 is 0 Å². The molecule has 1 unspecified atom stereocenters. The molecule has 4 rings (SSSR count). The summed E-state index contributed by atoms with van der Waals surface area (Å²) in [7, 11) is -0.443. The van der Waals surface area contributed by atoms with Gasteiger partial charge in [-0.05, 0) is 73.9 Å². The number of nitrogens with zero attached hydrogens (tertiary/aromatic N) is 1. The van der Waals surface area contributed by atoms with Crippen LogP contribution in [0.15, 0.2) is 41.3 Å². The van der Waals surface area contributed by atoms with Gasteiger partial charge in [0, 0.05) is 31.1 Å². The lowest BCUT2D eigenvalue weighted by molar-refractivity contribution is -0.132. The van der Waals surface area contributed by atoms with Crippen LogP contribution in [0.25, 0.3) is 0 Å². The predicted octanol–water partition coefficient (Wildman–Crippen LogP) is 3.61. The van der Waals surface area contributed by atoms with E-state index in [1.165, 1.54) is 5.56 Å². The summed E-state index contributed by atoms with van der Waals surface area (Å²) >= 11 is 0. The lowest BCUT2D eigenvalue weighted by Gasteiger charge is -2.26. The number of aryl methyl sites for hydroxylation is 2. The normalized spacial score (nSPS) is 18.1. The van der Waals surface area contributed by atoms with Crippen molar-refractivity contribution in [2.75, 3.05) is 27.3 Å². The van der Waals surface area contributed by atoms with E-state index in [0.29, 0.717) is 18.0 Å². The fourth-order valence-electron chi connectivity index (χ4n) is 4.88. The Bertz CT molecular complexity index is 1120. The molecule has 1 N–H and O–H groups in total. The van der Waals surface area contributed by atoms with Crippen LogP contribution in [0.5, 0.6) is 11.5 Å². The van der Waals surface area contributed by atoms with Gasteiger partial charge in [0.2, 0.25) is 15.9 Å². The highest BCUT2D eigenvalue weighted by molar-refractivity contribution is 7.89. The van der Waals surface area contributed by atoms with Gasteiger partial charge in [-0.3, -0.25) is 4.79 Å². The van der Waals surface area contributed by atoms with Crippen molar-refractivity contribution in [1.29, 1.82) is 0 Å². The number of carbonyl (C=O) groups excluding carboxylic acids is 1. The predicted molar refractivity (Wildman–Crippen MR) is 126 cm³/mol. The molecule has 33 heavy (non-hydrogen) atoms. The third-order valence-electron chi connectivity index (χ3n) is 6.63. The molecule has 7 nitrogen and oxygen atoms in total. The monoisotopic (exact) mass is 472 g/mol. The topological polar surface area (TPSA) is 84.9 Å². The molecule has 1 saturated heterocycles. The average Bonchev–Trinajstić information content (AvgIpc) is 3.33. The van der Waals surface area contributed by atoms with Crippen LogP contribution < -0.4 is 14.2 Å². The fraction of sp³-hybridized carbons (Fsp3) is 0.480. The highest BCUT2D eigenvalue weighted by atomic mass is 32.2. The Hall–Kier alpha value is -2.58. The van der Waals surface area contributed by atoms with Crippen LogP contribution in [0, 0.1) is 0 Å². The van der Waals surface area contributed by atoms with E-state index in [-0.39, 0.29) is 29.8 Å². The Kier molecular flexibility index (Phi) is 7.24. The molecular formula is C25H32N2O5S. The van der Waals surface area contributed by atoms with Crippen molar-refractivity contribution in [2.45, 2.75) is 55.9 Å². The van der Waals surface area contributed by atoms with Gasteiger partial charge >= 0.3 is 0 Å². The number of hydrogen-bond donors (Lipinski definition) is 1. The molecule has 2 aliphatic rings. The van der Waals surface area contributed by atoms with Gasteiger partial charge in [-0.15, -0.1) is 0 Å². The van der Waals surface area contributed by atoms with Gasteiger partial charge in [-0.25, -0.2) is 13.1 Å². The van der Waals surface area contributed by atoms with Crippen LogP contribution in [0.3, 0.4) is 0 Å². The molecule has 1 atom stereocenters. The summed E-state index contributed by atoms with van der Waals surface area (Å²) in [6, 6.07) is 10.9. The Morgan fingerprint density at radius 3 is 2.58 bits per heavy atom. The van der Waals surface area contributed by atoms with Crippen molar-refractivity contribution >= 4 is 15.9 Å². The molecule has 1 aliphatic heterocycles. The highest BCUT2D eigenvalue weighted by Crippen LogP contribution is 2.39. The van der Waals surface area contributed by atoms with E-state index in [0.717, 1.165) is 49.7 Å². The van der Waals surface area contributed by atoms with Crippen LogP contribution in [0.1, 0.15) is 54.8 Å². The summed E-state index contributed by atoms with van der Waals surface area (Å²) in [5.74, 6) is 1.32. The Morgan fingerprint density at radius 2 is 1.82 bits per heavy atom. The zero-order chi connectivity index (χ0) is 23.4. The third-order valence-corrected chi connectivity index (χ3v) is 8.09. The zero-order valence-electron chi connectivity index (χ0n) is 19.3. The lowest BCUT2D eigenvalue weighted by Crippen LogP contribution is -2.34. The molecule has 0 aromatic heterocycles. The minimum atomic E-state index is -3.65. The number of nitrogens with one attached hydrogen (secondary N) is 1. The third kappa shape index (κ3) is 5.17. The summed E-state index contributed by atoms with van der Waals surface area (Å²) in [4.78, 5) is 15.1. The molecule has 0 saturated carbocycles. The Morgan fingerprint density at radius 1 is 1.03 bits per heavy atom. The van der Waals surface area contributed by atoms with Crippen molar-refractivity contribution in [3.8, 4) is 11.5 Å². The Balaban J connectivity index is 1.39. The van der Waals surface area contributed by atoms with Crippen LogP contribution in [0.4, 0.5) is 0 Å². The van der Waals surface area contributed by atoms with Crippen molar-refractivity contribution in [2.24, 2.45) is 0 Å². The molecule has 178 valence electrons. The molecule has 0 radical (unpaired) electrons. The summed E-state index contributed by atoms with van der Waals surface area (Å²) in [6.07, 6.45) is 6.02. The number of likely N-dealkylation sites (tertiary alicyclic amines) is 1. The number of rotatable bonds is 8. The number of methoxy groups -OCH3 is 2. The van der Waals surface area contributed by atoms with E-state index in [9.17, 15) is 13.2 Å². The number of hydrogen-bond acceptors (Lipinski definition) is 5. The maximum absolute atomic E-state index is 13.0. The van der Waals surface area contributed by atoms with Crippen molar-refractivity contribution in [1.82, 2.24) is 9.62 Å². The van der Waals surface area contributed by atoms with E-state index in [1.807, 2.05) is 29.2 Å². The van der Waals surface area contributed by atoms with Crippen LogP contribution in [0.2, 0.25) is 0 Å². The average molecular weight is 473 g/mol. The van der Waals surface area contributed by atoms with Gasteiger partial charge in [-0.2, -0.15) is 0 Å².